The van der Waals surface area contributed by atoms with Crippen molar-refractivity contribution < 1.29 is 14.3 Å². The fraction of sp³-hybridized carbons (Fsp3) is 0.450. The smallest absolute Gasteiger partial charge is 0.409 e. The first kappa shape index (κ1) is 19.3. The Bertz CT molecular complexity index is 882. The Morgan fingerprint density at radius 3 is 2.69 bits per heavy atom. The third-order valence-electron chi connectivity index (χ3n) is 5.06. The Hall–Kier alpha value is -3.07. The van der Waals surface area contributed by atoms with Gasteiger partial charge in [0.1, 0.15) is 17.9 Å². The number of hydrazine groups is 1. The summed E-state index contributed by atoms with van der Waals surface area (Å²) in [5.74, 6) is 1.69. The van der Waals surface area contributed by atoms with E-state index < -0.39 is 0 Å². The number of nitrogens with one attached hydrogen (secondary N) is 2. The van der Waals surface area contributed by atoms with E-state index in [9.17, 15) is 4.79 Å². The van der Waals surface area contributed by atoms with Gasteiger partial charge in [-0.2, -0.15) is 0 Å². The number of carbonyl (C=O) groups excluding carboxylic acids is 1. The van der Waals surface area contributed by atoms with Crippen LogP contribution in [0, 0.1) is 0 Å². The second-order valence-corrected chi connectivity index (χ2v) is 7.36. The topological polar surface area (TPSA) is 91.9 Å². The van der Waals surface area contributed by atoms with Crippen LogP contribution in [-0.4, -0.2) is 60.4 Å². The van der Waals surface area contributed by atoms with Crippen molar-refractivity contribution in [3.63, 3.8) is 0 Å². The number of anilines is 2. The van der Waals surface area contributed by atoms with Gasteiger partial charge < -0.3 is 24.7 Å². The number of carbonyl (C=O) groups is 1. The summed E-state index contributed by atoms with van der Waals surface area (Å²) in [4.78, 5) is 24.5. The number of hydrogen-bond acceptors (Lipinski definition) is 8. The number of fused-ring (bicyclic) bond motifs is 1. The molecule has 0 unspecified atom stereocenters. The molecule has 0 bridgehead atoms. The highest BCUT2D eigenvalue weighted by atomic mass is 16.5. The standard InChI is InChI=1S/C20H26N6O3/c1-13(2)29-14-4-5-16-15(10-14)19(24-23-16)17-11-18(22-12-21-17)25-6-8-26(9-7-25)20(27)28-3/h4-5,10-13,19,23-24H,6-9H2,1-3H3/t19-/m1/s1. The van der Waals surface area contributed by atoms with Crippen molar-refractivity contribution in [2.45, 2.75) is 26.0 Å². The zero-order valence-electron chi connectivity index (χ0n) is 16.9. The van der Waals surface area contributed by atoms with Crippen LogP contribution in [0.3, 0.4) is 0 Å². The van der Waals surface area contributed by atoms with Gasteiger partial charge in [0.05, 0.1) is 30.6 Å². The molecule has 1 aromatic heterocycles. The van der Waals surface area contributed by atoms with Crippen molar-refractivity contribution in [2.24, 2.45) is 0 Å². The van der Waals surface area contributed by atoms with Crippen LogP contribution in [0.2, 0.25) is 0 Å². The second kappa shape index (κ2) is 8.12. The monoisotopic (exact) mass is 398 g/mol. The molecule has 1 saturated heterocycles. The maximum absolute atomic E-state index is 11.7. The highest BCUT2D eigenvalue weighted by Gasteiger charge is 2.27. The van der Waals surface area contributed by atoms with Gasteiger partial charge in [-0.3, -0.25) is 0 Å². The normalized spacial score (nSPS) is 18.4. The first-order valence-electron chi connectivity index (χ1n) is 9.77. The lowest BCUT2D eigenvalue weighted by molar-refractivity contribution is 0.121. The minimum absolute atomic E-state index is 0.0983. The fourth-order valence-electron chi connectivity index (χ4n) is 3.64. The number of nitrogens with zero attached hydrogens (tertiary/aromatic N) is 4. The van der Waals surface area contributed by atoms with Crippen LogP contribution in [0.4, 0.5) is 16.3 Å². The number of aromatic nitrogens is 2. The van der Waals surface area contributed by atoms with E-state index in [4.69, 9.17) is 9.47 Å². The number of benzene rings is 1. The molecule has 0 aliphatic carbocycles. The third-order valence-corrected chi connectivity index (χ3v) is 5.06. The molecule has 9 heteroatoms. The average Bonchev–Trinajstić information content (AvgIpc) is 3.16. The van der Waals surface area contributed by atoms with Crippen molar-refractivity contribution in [1.29, 1.82) is 0 Å². The largest absolute Gasteiger partial charge is 0.491 e. The molecule has 2 aromatic rings. The lowest BCUT2D eigenvalue weighted by Crippen LogP contribution is -2.49. The van der Waals surface area contributed by atoms with E-state index in [0.29, 0.717) is 26.2 Å². The SMILES string of the molecule is COC(=O)N1CCN(c2cc([C@@H]3NNc4ccc(OC(C)C)cc43)ncn2)CC1. The van der Waals surface area contributed by atoms with Crippen molar-refractivity contribution in [2.75, 3.05) is 43.6 Å². The first-order chi connectivity index (χ1) is 14.0. The number of piperazine rings is 1. The average molecular weight is 398 g/mol. The van der Waals surface area contributed by atoms with Crippen molar-refractivity contribution in [1.82, 2.24) is 20.3 Å². The molecule has 1 fully saturated rings. The molecule has 0 saturated carbocycles. The number of methoxy groups -OCH3 is 1. The highest BCUT2D eigenvalue weighted by Crippen LogP contribution is 2.35. The minimum Gasteiger partial charge on any atom is -0.491 e. The lowest BCUT2D eigenvalue weighted by atomic mass is 10.0. The molecule has 0 radical (unpaired) electrons. The van der Waals surface area contributed by atoms with Gasteiger partial charge in [-0.05, 0) is 32.0 Å². The van der Waals surface area contributed by atoms with Gasteiger partial charge in [0.2, 0.25) is 0 Å². The zero-order valence-corrected chi connectivity index (χ0v) is 16.9. The molecule has 2 aliphatic heterocycles. The number of ether oxygens (including phenoxy) is 2. The summed E-state index contributed by atoms with van der Waals surface area (Å²) in [7, 11) is 1.41. The van der Waals surface area contributed by atoms with Gasteiger partial charge in [0.15, 0.2) is 0 Å². The predicted molar refractivity (Wildman–Crippen MR) is 109 cm³/mol. The molecule has 1 atom stereocenters. The summed E-state index contributed by atoms with van der Waals surface area (Å²) in [6.07, 6.45) is 1.42. The molecule has 154 valence electrons. The van der Waals surface area contributed by atoms with E-state index in [-0.39, 0.29) is 18.2 Å². The summed E-state index contributed by atoms with van der Waals surface area (Å²) >= 11 is 0. The van der Waals surface area contributed by atoms with Crippen LogP contribution < -0.4 is 20.5 Å². The Kier molecular flexibility index (Phi) is 5.39. The lowest BCUT2D eigenvalue weighted by Gasteiger charge is -2.34. The summed E-state index contributed by atoms with van der Waals surface area (Å²) in [5, 5.41) is 0. The first-order valence-corrected chi connectivity index (χ1v) is 9.77. The summed E-state index contributed by atoms with van der Waals surface area (Å²) < 4.78 is 10.6. The maximum atomic E-state index is 11.7. The molecule has 1 amide bonds. The number of amides is 1. The molecule has 0 spiro atoms. The molecular formula is C20H26N6O3. The van der Waals surface area contributed by atoms with Crippen molar-refractivity contribution in [3.8, 4) is 5.75 Å². The van der Waals surface area contributed by atoms with Gasteiger partial charge >= 0.3 is 6.09 Å². The van der Waals surface area contributed by atoms with Crippen LogP contribution in [0.5, 0.6) is 5.75 Å². The Labute approximate surface area is 170 Å². The van der Waals surface area contributed by atoms with E-state index in [1.165, 1.54) is 7.11 Å². The third kappa shape index (κ3) is 4.04. The molecule has 9 nitrogen and oxygen atoms in total. The Morgan fingerprint density at radius 1 is 1.17 bits per heavy atom. The summed E-state index contributed by atoms with van der Waals surface area (Å²) in [6, 6.07) is 7.91. The molecule has 3 heterocycles. The molecule has 4 rings (SSSR count). The molecule has 1 aromatic carbocycles. The van der Waals surface area contributed by atoms with Crippen molar-refractivity contribution in [3.05, 3.63) is 41.9 Å². The van der Waals surface area contributed by atoms with Crippen LogP contribution in [0.15, 0.2) is 30.6 Å². The maximum Gasteiger partial charge on any atom is 0.409 e. The van der Waals surface area contributed by atoms with Crippen molar-refractivity contribution >= 4 is 17.6 Å². The van der Waals surface area contributed by atoms with Gasteiger partial charge in [-0.25, -0.2) is 20.2 Å². The summed E-state index contributed by atoms with van der Waals surface area (Å²) in [5.41, 5.74) is 9.48. The highest BCUT2D eigenvalue weighted by molar-refractivity contribution is 5.68. The molecule has 2 aliphatic rings. The second-order valence-electron chi connectivity index (χ2n) is 7.36. The van der Waals surface area contributed by atoms with Gasteiger partial charge in [0.25, 0.3) is 0 Å². The Morgan fingerprint density at radius 2 is 1.97 bits per heavy atom. The van der Waals surface area contributed by atoms with Gasteiger partial charge in [0, 0.05) is 37.8 Å². The van der Waals surface area contributed by atoms with Crippen LogP contribution >= 0.6 is 0 Å². The molecular weight excluding hydrogens is 372 g/mol. The van der Waals surface area contributed by atoms with E-state index >= 15 is 0 Å². The van der Waals surface area contributed by atoms with E-state index in [1.54, 1.807) is 11.2 Å². The molecule has 2 N–H and O–H groups in total. The van der Waals surface area contributed by atoms with Crippen LogP contribution in [0.25, 0.3) is 0 Å². The minimum atomic E-state index is -0.287. The fourth-order valence-corrected chi connectivity index (χ4v) is 3.64. The van der Waals surface area contributed by atoms with E-state index in [2.05, 4.69) is 25.7 Å². The van der Waals surface area contributed by atoms with Gasteiger partial charge in [-0.15, -0.1) is 0 Å². The molecule has 29 heavy (non-hydrogen) atoms. The van der Waals surface area contributed by atoms with Crippen LogP contribution in [-0.2, 0) is 4.74 Å². The summed E-state index contributed by atoms with van der Waals surface area (Å²) in [6.45, 7) is 6.63. The van der Waals surface area contributed by atoms with Crippen LogP contribution in [0.1, 0.15) is 31.1 Å². The predicted octanol–water partition coefficient (Wildman–Crippen LogP) is 2.17. The Balaban J connectivity index is 1.52. The number of hydrogen-bond donors (Lipinski definition) is 2. The van der Waals surface area contributed by atoms with Gasteiger partial charge in [-0.1, -0.05) is 0 Å². The number of rotatable bonds is 4. The quantitative estimate of drug-likeness (QED) is 0.810. The zero-order chi connectivity index (χ0) is 20.4. The van der Waals surface area contributed by atoms with E-state index in [0.717, 1.165) is 28.5 Å². The van der Waals surface area contributed by atoms with E-state index in [1.807, 2.05) is 38.1 Å².